The maximum Gasteiger partial charge on any atom is 0.255 e. The summed E-state index contributed by atoms with van der Waals surface area (Å²) in [7, 11) is 0.957. The van der Waals surface area contributed by atoms with Gasteiger partial charge in [0, 0.05) is 31.5 Å². The fourth-order valence-corrected chi connectivity index (χ4v) is 3.48. The molecule has 1 amide bonds. The predicted octanol–water partition coefficient (Wildman–Crippen LogP) is 2.27. The molecule has 28 heavy (non-hydrogen) atoms. The van der Waals surface area contributed by atoms with E-state index in [4.69, 9.17) is 14.2 Å². The highest BCUT2D eigenvalue weighted by atomic mass is 32.2. The number of benzene rings is 2. The molecule has 152 valence electrons. The highest BCUT2D eigenvalue weighted by Crippen LogP contribution is 2.28. The number of carbonyl (C=O) groups is 1. The van der Waals surface area contributed by atoms with E-state index in [0.717, 1.165) is 0 Å². The van der Waals surface area contributed by atoms with Crippen molar-refractivity contribution in [2.45, 2.75) is 11.3 Å². The molecule has 0 unspecified atom stereocenters. The lowest BCUT2D eigenvalue weighted by molar-refractivity contribution is 0.102. The van der Waals surface area contributed by atoms with Gasteiger partial charge in [-0.1, -0.05) is 0 Å². The molecule has 0 fully saturated rings. The van der Waals surface area contributed by atoms with Crippen LogP contribution in [0.2, 0.25) is 0 Å². The molecule has 0 saturated carbocycles. The van der Waals surface area contributed by atoms with Crippen molar-refractivity contribution in [1.82, 2.24) is 4.72 Å². The van der Waals surface area contributed by atoms with Crippen LogP contribution in [0.1, 0.15) is 16.8 Å². The van der Waals surface area contributed by atoms with E-state index in [2.05, 4.69) is 10.0 Å². The summed E-state index contributed by atoms with van der Waals surface area (Å²) in [6.07, 6.45) is 0.579. The van der Waals surface area contributed by atoms with E-state index in [0.29, 0.717) is 35.8 Å². The molecule has 9 heteroatoms. The fourth-order valence-electron chi connectivity index (χ4n) is 2.40. The van der Waals surface area contributed by atoms with Crippen LogP contribution in [0.25, 0.3) is 0 Å². The van der Waals surface area contributed by atoms with Gasteiger partial charge in [-0.25, -0.2) is 13.1 Å². The summed E-state index contributed by atoms with van der Waals surface area (Å²) in [5.41, 5.74) is 0.854. The first kappa shape index (κ1) is 21.7. The van der Waals surface area contributed by atoms with Gasteiger partial charge in [0.05, 0.1) is 19.1 Å². The van der Waals surface area contributed by atoms with Crippen molar-refractivity contribution >= 4 is 21.6 Å². The lowest BCUT2D eigenvalue weighted by Gasteiger charge is -2.11. The van der Waals surface area contributed by atoms with E-state index < -0.39 is 10.0 Å². The molecule has 0 aliphatic heterocycles. The predicted molar refractivity (Wildman–Crippen MR) is 106 cm³/mol. The Kier molecular flexibility index (Phi) is 7.80. The topological polar surface area (TPSA) is 103 Å². The monoisotopic (exact) mass is 408 g/mol. The maximum absolute atomic E-state index is 12.4. The molecule has 0 aliphatic rings. The van der Waals surface area contributed by atoms with Gasteiger partial charge in [0.1, 0.15) is 0 Å². The molecule has 0 spiro atoms. The van der Waals surface area contributed by atoms with Crippen molar-refractivity contribution in [1.29, 1.82) is 0 Å². The Hall–Kier alpha value is -2.62. The van der Waals surface area contributed by atoms with Crippen LogP contribution in [0.4, 0.5) is 5.69 Å². The third-order valence-corrected chi connectivity index (χ3v) is 5.36. The van der Waals surface area contributed by atoms with Crippen molar-refractivity contribution in [3.05, 3.63) is 48.0 Å². The summed E-state index contributed by atoms with van der Waals surface area (Å²) in [6.45, 7) is 0.762. The Morgan fingerprint density at radius 3 is 2.25 bits per heavy atom. The van der Waals surface area contributed by atoms with Crippen molar-refractivity contribution < 1.29 is 27.4 Å². The Morgan fingerprint density at radius 1 is 0.964 bits per heavy atom. The number of hydrogen-bond acceptors (Lipinski definition) is 6. The molecule has 0 heterocycles. The molecule has 0 aliphatic carbocycles. The van der Waals surface area contributed by atoms with Gasteiger partial charge in [-0.2, -0.15) is 0 Å². The molecule has 2 rings (SSSR count). The van der Waals surface area contributed by atoms with Gasteiger partial charge in [0.2, 0.25) is 10.0 Å². The number of nitrogens with one attached hydrogen (secondary N) is 2. The van der Waals surface area contributed by atoms with Gasteiger partial charge in [-0.3, -0.25) is 4.79 Å². The number of carbonyl (C=O) groups excluding carboxylic acids is 1. The van der Waals surface area contributed by atoms with Crippen molar-refractivity contribution in [2.24, 2.45) is 0 Å². The lowest BCUT2D eigenvalue weighted by atomic mass is 10.2. The minimum Gasteiger partial charge on any atom is -0.493 e. The number of methoxy groups -OCH3 is 3. The van der Waals surface area contributed by atoms with Gasteiger partial charge < -0.3 is 19.5 Å². The molecule has 2 N–H and O–H groups in total. The third-order valence-electron chi connectivity index (χ3n) is 3.89. The fraction of sp³-hybridized carbons (Fsp3) is 0.316. The first-order valence-corrected chi connectivity index (χ1v) is 10.0. The zero-order valence-electron chi connectivity index (χ0n) is 16.0. The molecule has 0 atom stereocenters. The molecule has 0 bridgehead atoms. The quantitative estimate of drug-likeness (QED) is 0.585. The van der Waals surface area contributed by atoms with Crippen molar-refractivity contribution in [3.8, 4) is 11.5 Å². The summed E-state index contributed by atoms with van der Waals surface area (Å²) < 4.78 is 42.2. The number of rotatable bonds is 10. The van der Waals surface area contributed by atoms with Gasteiger partial charge in [-0.05, 0) is 48.9 Å². The van der Waals surface area contributed by atoms with E-state index in [9.17, 15) is 13.2 Å². The number of ether oxygens (including phenoxy) is 3. The van der Waals surface area contributed by atoms with Crippen molar-refractivity contribution in [2.75, 3.05) is 39.8 Å². The highest BCUT2D eigenvalue weighted by Gasteiger charge is 2.14. The maximum atomic E-state index is 12.4. The van der Waals surface area contributed by atoms with Gasteiger partial charge in [-0.15, -0.1) is 0 Å². The zero-order chi connectivity index (χ0) is 20.6. The van der Waals surface area contributed by atoms with Crippen molar-refractivity contribution in [3.63, 3.8) is 0 Å². The second kappa shape index (κ2) is 10.1. The normalized spacial score (nSPS) is 11.1. The summed E-state index contributed by atoms with van der Waals surface area (Å²) >= 11 is 0. The smallest absolute Gasteiger partial charge is 0.255 e. The Morgan fingerprint density at radius 2 is 1.64 bits per heavy atom. The summed E-state index contributed by atoms with van der Waals surface area (Å²) in [6, 6.07) is 10.7. The van der Waals surface area contributed by atoms with E-state index >= 15 is 0 Å². The average molecular weight is 408 g/mol. The third kappa shape index (κ3) is 5.69. The average Bonchev–Trinajstić information content (AvgIpc) is 2.71. The van der Waals surface area contributed by atoms with Crippen LogP contribution in [0.15, 0.2) is 47.4 Å². The van der Waals surface area contributed by atoms with Crippen LogP contribution < -0.4 is 19.5 Å². The molecular formula is C19H24N2O6S. The van der Waals surface area contributed by atoms with E-state index in [1.165, 1.54) is 38.5 Å². The lowest BCUT2D eigenvalue weighted by Crippen LogP contribution is -2.25. The van der Waals surface area contributed by atoms with Crippen LogP contribution in [-0.4, -0.2) is 48.8 Å². The van der Waals surface area contributed by atoms with Crippen LogP contribution in [0, 0.1) is 0 Å². The molecule has 8 nitrogen and oxygen atoms in total. The Balaban J connectivity index is 2.05. The molecule has 0 radical (unpaired) electrons. The van der Waals surface area contributed by atoms with Gasteiger partial charge >= 0.3 is 0 Å². The minimum atomic E-state index is -3.60. The van der Waals surface area contributed by atoms with Crippen LogP contribution >= 0.6 is 0 Å². The van der Waals surface area contributed by atoms with E-state index in [-0.39, 0.29) is 17.3 Å². The van der Waals surface area contributed by atoms with Crippen LogP contribution in [0.3, 0.4) is 0 Å². The minimum absolute atomic E-state index is 0.119. The van der Waals surface area contributed by atoms with E-state index in [1.807, 2.05) is 0 Å². The van der Waals surface area contributed by atoms with Gasteiger partial charge in [0.15, 0.2) is 11.5 Å². The first-order valence-electron chi connectivity index (χ1n) is 8.53. The second-order valence-electron chi connectivity index (χ2n) is 5.79. The van der Waals surface area contributed by atoms with Crippen LogP contribution in [0.5, 0.6) is 11.5 Å². The molecule has 0 saturated heterocycles. The molecular weight excluding hydrogens is 384 g/mol. The number of sulfonamides is 1. The number of hydrogen-bond donors (Lipinski definition) is 2. The molecule has 2 aromatic carbocycles. The van der Waals surface area contributed by atoms with Crippen LogP contribution in [-0.2, 0) is 14.8 Å². The summed E-state index contributed by atoms with van der Waals surface area (Å²) in [4.78, 5) is 12.5. The summed E-state index contributed by atoms with van der Waals surface area (Å²) in [5, 5.41) is 2.72. The largest absolute Gasteiger partial charge is 0.493 e. The van der Waals surface area contributed by atoms with Gasteiger partial charge in [0.25, 0.3) is 5.91 Å². The summed E-state index contributed by atoms with van der Waals surface area (Å²) in [5.74, 6) is 0.608. The first-order chi connectivity index (χ1) is 13.4. The number of anilines is 1. The zero-order valence-corrected chi connectivity index (χ0v) is 16.8. The highest BCUT2D eigenvalue weighted by molar-refractivity contribution is 7.89. The number of amides is 1. The van der Waals surface area contributed by atoms with E-state index in [1.54, 1.807) is 25.3 Å². The molecule has 0 aromatic heterocycles. The SMILES string of the molecule is COCCCNS(=O)(=O)c1ccc(NC(=O)c2ccc(OC)c(OC)c2)cc1. The Bertz CT molecular complexity index is 897. The standard InChI is InChI=1S/C19H24N2O6S/c1-25-12-4-11-20-28(23,24)16-8-6-15(7-9-16)21-19(22)14-5-10-17(26-2)18(13-14)27-3/h5-10,13,20H,4,11-12H2,1-3H3,(H,21,22). The second-order valence-corrected chi connectivity index (χ2v) is 7.56. The molecule has 2 aromatic rings. The Labute approximate surface area is 164 Å².